The number of amides is 1. The van der Waals surface area contributed by atoms with Gasteiger partial charge in [-0.1, -0.05) is 24.4 Å². The molecule has 1 saturated heterocycles. The highest BCUT2D eigenvalue weighted by atomic mass is 35.5. The fourth-order valence-corrected chi connectivity index (χ4v) is 4.81. The van der Waals surface area contributed by atoms with Gasteiger partial charge in [0.25, 0.3) is 5.91 Å². The van der Waals surface area contributed by atoms with E-state index in [0.29, 0.717) is 18.8 Å². The molecule has 0 saturated carbocycles. The van der Waals surface area contributed by atoms with Crippen LogP contribution in [0.25, 0.3) is 0 Å². The van der Waals surface area contributed by atoms with Crippen LogP contribution in [0, 0.1) is 5.82 Å². The Hall–Kier alpha value is -2.16. The van der Waals surface area contributed by atoms with E-state index in [-0.39, 0.29) is 22.3 Å². The van der Waals surface area contributed by atoms with Crippen molar-refractivity contribution in [3.05, 3.63) is 53.3 Å². The van der Waals surface area contributed by atoms with Crippen molar-refractivity contribution in [3.63, 3.8) is 0 Å². The lowest BCUT2D eigenvalue weighted by atomic mass is 10.2. The zero-order chi connectivity index (χ0) is 20.9. The van der Waals surface area contributed by atoms with Gasteiger partial charge >= 0.3 is 0 Å². The monoisotopic (exact) mass is 440 g/mol. The Morgan fingerprint density at radius 3 is 2.34 bits per heavy atom. The van der Waals surface area contributed by atoms with Gasteiger partial charge in [-0.05, 0) is 55.3 Å². The molecule has 1 aliphatic rings. The predicted molar refractivity (Wildman–Crippen MR) is 109 cm³/mol. The number of nitrogens with one attached hydrogen (secondary N) is 1. The summed E-state index contributed by atoms with van der Waals surface area (Å²) < 4.78 is 45.4. The number of carbonyl (C=O) groups excluding carboxylic acids is 1. The summed E-state index contributed by atoms with van der Waals surface area (Å²) >= 11 is 5.85. The van der Waals surface area contributed by atoms with E-state index in [1.165, 1.54) is 40.7 Å². The average molecular weight is 441 g/mol. The first kappa shape index (κ1) is 21.5. The Bertz CT molecular complexity index is 959. The number of anilines is 1. The molecule has 0 atom stereocenters. The topological polar surface area (TPSA) is 75.7 Å². The van der Waals surface area contributed by atoms with Crippen molar-refractivity contribution in [2.45, 2.75) is 30.6 Å². The molecule has 29 heavy (non-hydrogen) atoms. The molecule has 1 amide bonds. The third kappa shape index (κ3) is 5.68. The molecule has 1 N–H and O–H groups in total. The number of halogens is 2. The van der Waals surface area contributed by atoms with Crippen molar-refractivity contribution < 1.29 is 22.3 Å². The van der Waals surface area contributed by atoms with Gasteiger partial charge in [-0.3, -0.25) is 4.79 Å². The third-order valence-corrected chi connectivity index (χ3v) is 6.80. The number of hydrogen-bond donors (Lipinski definition) is 1. The molecule has 0 bridgehead atoms. The lowest BCUT2D eigenvalue weighted by Gasteiger charge is -2.20. The highest BCUT2D eigenvalue weighted by Gasteiger charge is 2.25. The van der Waals surface area contributed by atoms with E-state index in [1.807, 2.05) is 0 Å². The molecule has 0 aromatic heterocycles. The first-order valence-electron chi connectivity index (χ1n) is 9.34. The highest BCUT2D eigenvalue weighted by Crippen LogP contribution is 2.25. The van der Waals surface area contributed by atoms with E-state index in [2.05, 4.69) is 5.32 Å². The van der Waals surface area contributed by atoms with E-state index in [4.69, 9.17) is 16.3 Å². The van der Waals surface area contributed by atoms with Gasteiger partial charge in [-0.15, -0.1) is 0 Å². The van der Waals surface area contributed by atoms with Gasteiger partial charge < -0.3 is 10.1 Å². The number of sulfonamides is 1. The average Bonchev–Trinajstić information content (AvgIpc) is 2.98. The predicted octanol–water partition coefficient (Wildman–Crippen LogP) is 4.06. The second kappa shape index (κ2) is 9.56. The molecule has 2 aromatic rings. The highest BCUT2D eigenvalue weighted by molar-refractivity contribution is 7.89. The molecule has 6 nitrogen and oxygen atoms in total. The van der Waals surface area contributed by atoms with Crippen LogP contribution < -0.4 is 10.1 Å². The number of nitrogens with zero attached hydrogens (tertiary/aromatic N) is 1. The molecule has 0 spiro atoms. The van der Waals surface area contributed by atoms with Crippen LogP contribution in [0.2, 0.25) is 5.02 Å². The minimum absolute atomic E-state index is 0.0703. The largest absolute Gasteiger partial charge is 0.482 e. The van der Waals surface area contributed by atoms with Crippen LogP contribution in [0.15, 0.2) is 47.4 Å². The number of rotatable bonds is 6. The van der Waals surface area contributed by atoms with E-state index in [9.17, 15) is 17.6 Å². The quantitative estimate of drug-likeness (QED) is 0.734. The van der Waals surface area contributed by atoms with E-state index >= 15 is 0 Å². The lowest BCUT2D eigenvalue weighted by Crippen LogP contribution is -2.31. The zero-order valence-electron chi connectivity index (χ0n) is 15.7. The number of hydrogen-bond acceptors (Lipinski definition) is 4. The molecule has 3 rings (SSSR count). The van der Waals surface area contributed by atoms with Crippen LogP contribution in [0.3, 0.4) is 0 Å². The van der Waals surface area contributed by atoms with Gasteiger partial charge in [-0.25, -0.2) is 12.8 Å². The minimum Gasteiger partial charge on any atom is -0.482 e. The molecule has 9 heteroatoms. The molecular formula is C20H22ClFN2O4S. The van der Waals surface area contributed by atoms with E-state index in [0.717, 1.165) is 31.7 Å². The molecule has 2 aromatic carbocycles. The van der Waals surface area contributed by atoms with Crippen LogP contribution in [-0.4, -0.2) is 38.3 Å². The van der Waals surface area contributed by atoms with Crippen molar-refractivity contribution in [3.8, 4) is 5.75 Å². The lowest BCUT2D eigenvalue weighted by molar-refractivity contribution is -0.118. The second-order valence-electron chi connectivity index (χ2n) is 6.75. The van der Waals surface area contributed by atoms with Crippen molar-refractivity contribution in [2.75, 3.05) is 25.0 Å². The molecule has 0 unspecified atom stereocenters. The van der Waals surface area contributed by atoms with Gasteiger partial charge in [0.15, 0.2) is 6.61 Å². The van der Waals surface area contributed by atoms with Crippen LogP contribution in [0.5, 0.6) is 5.75 Å². The second-order valence-corrected chi connectivity index (χ2v) is 9.10. The number of carbonyl (C=O) groups is 1. The van der Waals surface area contributed by atoms with Crippen LogP contribution in [0.1, 0.15) is 25.7 Å². The van der Waals surface area contributed by atoms with Crippen molar-refractivity contribution in [1.82, 2.24) is 4.31 Å². The minimum atomic E-state index is -3.53. The Kier molecular flexibility index (Phi) is 7.10. The molecule has 1 heterocycles. The fraction of sp³-hybridized carbons (Fsp3) is 0.350. The van der Waals surface area contributed by atoms with Gasteiger partial charge in [0.05, 0.1) is 9.92 Å². The van der Waals surface area contributed by atoms with Crippen LogP contribution in [0.4, 0.5) is 10.1 Å². The van der Waals surface area contributed by atoms with Crippen molar-refractivity contribution >= 4 is 33.2 Å². The molecule has 1 fully saturated rings. The molecule has 1 aliphatic heterocycles. The maximum absolute atomic E-state index is 13.0. The maximum Gasteiger partial charge on any atom is 0.262 e. The number of ether oxygens (including phenoxy) is 1. The summed E-state index contributed by atoms with van der Waals surface area (Å²) in [6.07, 6.45) is 3.82. The zero-order valence-corrected chi connectivity index (χ0v) is 17.3. The molecule has 0 aliphatic carbocycles. The Morgan fingerprint density at radius 1 is 1.07 bits per heavy atom. The Morgan fingerprint density at radius 2 is 1.72 bits per heavy atom. The van der Waals surface area contributed by atoms with E-state index < -0.39 is 21.7 Å². The normalized spacial score (nSPS) is 15.5. The van der Waals surface area contributed by atoms with Crippen LogP contribution in [-0.2, 0) is 14.8 Å². The molecule has 156 valence electrons. The van der Waals surface area contributed by atoms with Gasteiger partial charge in [-0.2, -0.15) is 4.31 Å². The summed E-state index contributed by atoms with van der Waals surface area (Å²) in [4.78, 5) is 12.3. The van der Waals surface area contributed by atoms with Gasteiger partial charge in [0.1, 0.15) is 11.6 Å². The number of benzene rings is 2. The fourth-order valence-electron chi connectivity index (χ4n) is 3.07. The summed E-state index contributed by atoms with van der Waals surface area (Å²) in [6, 6.07) is 9.65. The Balaban J connectivity index is 1.58. The first-order valence-corrected chi connectivity index (χ1v) is 11.2. The third-order valence-electron chi connectivity index (χ3n) is 4.59. The van der Waals surface area contributed by atoms with Crippen LogP contribution >= 0.6 is 11.6 Å². The summed E-state index contributed by atoms with van der Waals surface area (Å²) in [5, 5.41) is 2.69. The Labute approximate surface area is 174 Å². The van der Waals surface area contributed by atoms with Gasteiger partial charge in [0, 0.05) is 18.8 Å². The van der Waals surface area contributed by atoms with Crippen molar-refractivity contribution in [2.24, 2.45) is 0 Å². The smallest absolute Gasteiger partial charge is 0.262 e. The summed E-state index contributed by atoms with van der Waals surface area (Å²) in [5.41, 5.74) is 0.443. The van der Waals surface area contributed by atoms with Crippen molar-refractivity contribution in [1.29, 1.82) is 0 Å². The van der Waals surface area contributed by atoms with Gasteiger partial charge in [0.2, 0.25) is 10.0 Å². The standard InChI is InChI=1S/C20H22ClFN2O4S/c21-18-13-15(22)5-10-19(18)28-14-20(25)23-16-6-8-17(9-7-16)29(26,27)24-11-3-1-2-4-12-24/h5-10,13H,1-4,11-12,14H2,(H,23,25). The van der Waals surface area contributed by atoms with E-state index in [1.54, 1.807) is 0 Å². The summed E-state index contributed by atoms with van der Waals surface area (Å²) in [5.74, 6) is -0.752. The SMILES string of the molecule is O=C(COc1ccc(F)cc1Cl)Nc1ccc(S(=O)(=O)N2CCCCCC2)cc1. The molecular weight excluding hydrogens is 419 g/mol. The summed E-state index contributed by atoms with van der Waals surface area (Å²) in [7, 11) is -3.53. The first-order chi connectivity index (χ1) is 13.9. The maximum atomic E-state index is 13.0. The summed E-state index contributed by atoms with van der Waals surface area (Å²) in [6.45, 7) is 0.743. The molecule has 0 radical (unpaired) electrons.